The molecule has 0 radical (unpaired) electrons. The van der Waals surface area contributed by atoms with Crippen molar-refractivity contribution in [2.24, 2.45) is 0 Å². The van der Waals surface area contributed by atoms with Crippen LogP contribution in [0, 0.1) is 0 Å². The van der Waals surface area contributed by atoms with E-state index in [9.17, 15) is 0 Å². The lowest BCUT2D eigenvalue weighted by Crippen LogP contribution is -2.17. The van der Waals surface area contributed by atoms with Crippen molar-refractivity contribution >= 4 is 0 Å². The van der Waals surface area contributed by atoms with E-state index in [1.807, 2.05) is 0 Å². The summed E-state index contributed by atoms with van der Waals surface area (Å²) < 4.78 is 15.9. The van der Waals surface area contributed by atoms with Crippen LogP contribution in [-0.2, 0) is 27.4 Å². The predicted octanol–water partition coefficient (Wildman–Crippen LogP) is 2.12. The molecule has 0 saturated heterocycles. The van der Waals surface area contributed by atoms with Crippen molar-refractivity contribution in [2.75, 3.05) is 33.5 Å². The maximum absolute atomic E-state index is 5.67. The maximum Gasteiger partial charge on any atom is 0.0721 e. The Kier molecular flexibility index (Phi) is 7.01. The Morgan fingerprint density at radius 3 is 2.45 bits per heavy atom. The lowest BCUT2D eigenvalue weighted by molar-refractivity contribution is 0.0198. The van der Waals surface area contributed by atoms with Crippen molar-refractivity contribution in [3.63, 3.8) is 0 Å². The number of hydrogen-bond acceptors (Lipinski definition) is 4. The van der Waals surface area contributed by atoms with Gasteiger partial charge in [0.1, 0.15) is 0 Å². The van der Waals surface area contributed by atoms with E-state index in [4.69, 9.17) is 14.2 Å². The first-order valence-corrected chi connectivity index (χ1v) is 7.34. The summed E-state index contributed by atoms with van der Waals surface area (Å²) in [6, 6.07) is 9.19. The Balaban J connectivity index is 1.63. The second kappa shape index (κ2) is 9.08. The van der Waals surface area contributed by atoms with Crippen molar-refractivity contribution in [3.8, 4) is 0 Å². The Hall–Kier alpha value is -0.940. The van der Waals surface area contributed by atoms with Crippen LogP contribution in [0.25, 0.3) is 0 Å². The molecule has 1 N–H and O–H groups in total. The maximum atomic E-state index is 5.67. The number of hydrogen-bond donors (Lipinski definition) is 1. The van der Waals surface area contributed by atoms with E-state index in [1.54, 1.807) is 7.11 Å². The average Bonchev–Trinajstić information content (AvgIpc) is 3.29. The van der Waals surface area contributed by atoms with Gasteiger partial charge in [0.05, 0.1) is 33.0 Å². The minimum absolute atomic E-state index is 0.617. The van der Waals surface area contributed by atoms with Crippen LogP contribution in [0.4, 0.5) is 0 Å². The van der Waals surface area contributed by atoms with Gasteiger partial charge in [-0.05, 0) is 24.0 Å². The summed E-state index contributed by atoms with van der Waals surface area (Å²) in [6.45, 7) is 4.09. The van der Waals surface area contributed by atoms with Crippen molar-refractivity contribution < 1.29 is 14.2 Å². The van der Waals surface area contributed by atoms with Gasteiger partial charge >= 0.3 is 0 Å². The molecule has 0 atom stereocenters. The second-order valence-electron chi connectivity index (χ2n) is 5.08. The van der Waals surface area contributed by atoms with Crippen molar-refractivity contribution in [3.05, 3.63) is 35.4 Å². The molecule has 4 nitrogen and oxygen atoms in total. The molecule has 1 aromatic carbocycles. The van der Waals surface area contributed by atoms with E-state index in [0.29, 0.717) is 33.0 Å². The van der Waals surface area contributed by atoms with Crippen LogP contribution < -0.4 is 5.32 Å². The number of nitrogens with one attached hydrogen (secondary N) is 1. The van der Waals surface area contributed by atoms with Crippen molar-refractivity contribution in [1.82, 2.24) is 5.32 Å². The zero-order chi connectivity index (χ0) is 14.0. The standard InChI is InChI=1S/C16H25NO3/c1-18-8-9-19-10-11-20-13-15-5-3-2-4-14(15)12-17-16-6-7-16/h2-5,16-17H,6-13H2,1H3. The van der Waals surface area contributed by atoms with Gasteiger partial charge in [0, 0.05) is 19.7 Å². The lowest BCUT2D eigenvalue weighted by Gasteiger charge is -2.11. The molecule has 20 heavy (non-hydrogen) atoms. The summed E-state index contributed by atoms with van der Waals surface area (Å²) in [5.74, 6) is 0. The molecule has 1 aliphatic carbocycles. The van der Waals surface area contributed by atoms with E-state index in [-0.39, 0.29) is 0 Å². The summed E-state index contributed by atoms with van der Waals surface area (Å²) in [6.07, 6.45) is 2.63. The smallest absolute Gasteiger partial charge is 0.0721 e. The average molecular weight is 279 g/mol. The van der Waals surface area contributed by atoms with Crippen LogP contribution in [-0.4, -0.2) is 39.6 Å². The second-order valence-corrected chi connectivity index (χ2v) is 5.08. The molecule has 1 aliphatic rings. The van der Waals surface area contributed by atoms with Gasteiger partial charge in [-0.3, -0.25) is 0 Å². The third kappa shape index (κ3) is 6.01. The third-order valence-electron chi connectivity index (χ3n) is 3.34. The monoisotopic (exact) mass is 279 g/mol. The first-order valence-electron chi connectivity index (χ1n) is 7.34. The van der Waals surface area contributed by atoms with E-state index in [1.165, 1.54) is 24.0 Å². The fourth-order valence-corrected chi connectivity index (χ4v) is 1.96. The van der Waals surface area contributed by atoms with E-state index < -0.39 is 0 Å². The van der Waals surface area contributed by atoms with Gasteiger partial charge in [-0.1, -0.05) is 24.3 Å². The van der Waals surface area contributed by atoms with Crippen LogP contribution >= 0.6 is 0 Å². The molecule has 112 valence electrons. The zero-order valence-corrected chi connectivity index (χ0v) is 12.3. The molecule has 4 heteroatoms. The van der Waals surface area contributed by atoms with E-state index in [0.717, 1.165) is 12.6 Å². The molecule has 0 spiro atoms. The molecule has 2 rings (SSSR count). The topological polar surface area (TPSA) is 39.7 Å². The van der Waals surface area contributed by atoms with Gasteiger partial charge in [-0.2, -0.15) is 0 Å². The lowest BCUT2D eigenvalue weighted by atomic mass is 10.1. The van der Waals surface area contributed by atoms with Gasteiger partial charge in [-0.25, -0.2) is 0 Å². The van der Waals surface area contributed by atoms with E-state index >= 15 is 0 Å². The zero-order valence-electron chi connectivity index (χ0n) is 12.3. The fraction of sp³-hybridized carbons (Fsp3) is 0.625. The molecular weight excluding hydrogens is 254 g/mol. The Morgan fingerprint density at radius 2 is 1.70 bits per heavy atom. The highest BCUT2D eigenvalue weighted by molar-refractivity contribution is 5.26. The summed E-state index contributed by atoms with van der Waals surface area (Å²) in [5, 5.41) is 3.54. The van der Waals surface area contributed by atoms with Gasteiger partial charge in [-0.15, -0.1) is 0 Å². The molecular formula is C16H25NO3. The number of methoxy groups -OCH3 is 1. The van der Waals surface area contributed by atoms with Crippen LogP contribution in [0.15, 0.2) is 24.3 Å². The van der Waals surface area contributed by atoms with Gasteiger partial charge in [0.25, 0.3) is 0 Å². The summed E-state index contributed by atoms with van der Waals surface area (Å²) in [5.41, 5.74) is 2.59. The van der Waals surface area contributed by atoms with Crippen molar-refractivity contribution in [2.45, 2.75) is 32.0 Å². The first-order chi connectivity index (χ1) is 9.90. The largest absolute Gasteiger partial charge is 0.382 e. The Labute approximate surface area is 121 Å². The summed E-state index contributed by atoms with van der Waals surface area (Å²) in [7, 11) is 1.67. The highest BCUT2D eigenvalue weighted by Crippen LogP contribution is 2.20. The molecule has 0 amide bonds. The highest BCUT2D eigenvalue weighted by atomic mass is 16.5. The minimum Gasteiger partial charge on any atom is -0.382 e. The molecule has 0 heterocycles. The van der Waals surface area contributed by atoms with Crippen LogP contribution in [0.3, 0.4) is 0 Å². The highest BCUT2D eigenvalue weighted by Gasteiger charge is 2.20. The Bertz CT molecular complexity index is 380. The quantitative estimate of drug-likeness (QED) is 0.630. The molecule has 1 aromatic rings. The predicted molar refractivity (Wildman–Crippen MR) is 78.7 cm³/mol. The molecule has 1 saturated carbocycles. The SMILES string of the molecule is COCCOCCOCc1ccccc1CNC1CC1. The van der Waals surface area contributed by atoms with Gasteiger partial charge in [0.15, 0.2) is 0 Å². The van der Waals surface area contributed by atoms with Gasteiger partial charge < -0.3 is 19.5 Å². The van der Waals surface area contributed by atoms with Crippen LogP contribution in [0.5, 0.6) is 0 Å². The van der Waals surface area contributed by atoms with E-state index in [2.05, 4.69) is 29.6 Å². The normalized spacial score (nSPS) is 14.7. The summed E-state index contributed by atoms with van der Waals surface area (Å²) in [4.78, 5) is 0. The summed E-state index contributed by atoms with van der Waals surface area (Å²) >= 11 is 0. The van der Waals surface area contributed by atoms with Crippen LogP contribution in [0.2, 0.25) is 0 Å². The number of rotatable bonds is 11. The fourth-order valence-electron chi connectivity index (χ4n) is 1.96. The Morgan fingerprint density at radius 1 is 1.00 bits per heavy atom. The molecule has 0 aromatic heterocycles. The van der Waals surface area contributed by atoms with Crippen LogP contribution in [0.1, 0.15) is 24.0 Å². The number of ether oxygens (including phenoxy) is 3. The number of benzene rings is 1. The molecule has 1 fully saturated rings. The third-order valence-corrected chi connectivity index (χ3v) is 3.34. The molecule has 0 aliphatic heterocycles. The minimum atomic E-state index is 0.617. The first kappa shape index (κ1) is 15.4. The molecule has 0 bridgehead atoms. The van der Waals surface area contributed by atoms with Crippen molar-refractivity contribution in [1.29, 1.82) is 0 Å². The molecule has 0 unspecified atom stereocenters. The van der Waals surface area contributed by atoms with Gasteiger partial charge in [0.2, 0.25) is 0 Å².